The van der Waals surface area contributed by atoms with Crippen molar-refractivity contribution in [2.75, 3.05) is 7.11 Å². The van der Waals surface area contributed by atoms with Gasteiger partial charge in [-0.15, -0.1) is 0 Å². The molecule has 0 aliphatic heterocycles. The molecule has 22 heavy (non-hydrogen) atoms. The third-order valence-corrected chi connectivity index (χ3v) is 4.10. The van der Waals surface area contributed by atoms with Crippen LogP contribution in [0.25, 0.3) is 0 Å². The maximum atomic E-state index is 13.0. The van der Waals surface area contributed by atoms with Crippen molar-refractivity contribution in [2.24, 2.45) is 7.05 Å². The number of halogens is 4. The Hall–Kier alpha value is -1.67. The van der Waals surface area contributed by atoms with Crippen molar-refractivity contribution in [1.82, 2.24) is 9.78 Å². The van der Waals surface area contributed by atoms with Gasteiger partial charge in [0.25, 0.3) is 0 Å². The van der Waals surface area contributed by atoms with Gasteiger partial charge in [0.15, 0.2) is 5.69 Å². The summed E-state index contributed by atoms with van der Waals surface area (Å²) in [7, 11) is 2.35. The number of methoxy groups -OCH3 is 1. The molecule has 9 heteroatoms. The second-order valence-electron chi connectivity index (χ2n) is 4.20. The first-order valence-corrected chi connectivity index (χ1v) is 7.09. The number of ether oxygens (including phenoxy) is 1. The number of rotatable bonds is 3. The lowest BCUT2D eigenvalue weighted by molar-refractivity contribution is -0.142. The zero-order valence-corrected chi connectivity index (χ0v) is 13.0. The molecule has 0 bridgehead atoms. The van der Waals surface area contributed by atoms with Crippen LogP contribution in [0.3, 0.4) is 0 Å². The van der Waals surface area contributed by atoms with Gasteiger partial charge in [-0.25, -0.2) is 4.79 Å². The number of alkyl halides is 3. The maximum Gasteiger partial charge on any atom is 0.436 e. The third-order valence-electron chi connectivity index (χ3n) is 2.68. The van der Waals surface area contributed by atoms with E-state index in [1.165, 1.54) is 7.05 Å². The van der Waals surface area contributed by atoms with Crippen molar-refractivity contribution in [3.05, 3.63) is 40.5 Å². The Morgan fingerprint density at radius 1 is 1.32 bits per heavy atom. The van der Waals surface area contributed by atoms with Crippen LogP contribution in [0.15, 0.2) is 34.2 Å². The number of nitrogens with zero attached hydrogens (tertiary/aromatic N) is 2. The van der Waals surface area contributed by atoms with E-state index >= 15 is 0 Å². The SMILES string of the molecule is COC(=O)c1c(C(F)(F)F)nn(C)c1Sc1ccc(Cl)cc1. The standard InChI is InChI=1S/C13H10ClF3N2O2S/c1-19-11(22-8-5-3-7(14)4-6-8)9(12(20)21-2)10(18-19)13(15,16)17/h3-6H,1-2H3. The summed E-state index contributed by atoms with van der Waals surface area (Å²) in [5, 5.41) is 3.95. The topological polar surface area (TPSA) is 44.1 Å². The fourth-order valence-electron chi connectivity index (χ4n) is 1.72. The van der Waals surface area contributed by atoms with Crippen LogP contribution >= 0.6 is 23.4 Å². The summed E-state index contributed by atoms with van der Waals surface area (Å²) in [6, 6.07) is 6.47. The highest BCUT2D eigenvalue weighted by Crippen LogP contribution is 2.38. The van der Waals surface area contributed by atoms with E-state index in [4.69, 9.17) is 11.6 Å². The molecular formula is C13H10ClF3N2O2S. The number of aromatic nitrogens is 2. The number of aryl methyl sites for hydroxylation is 1. The summed E-state index contributed by atoms with van der Waals surface area (Å²) >= 11 is 6.74. The van der Waals surface area contributed by atoms with Crippen LogP contribution in [0, 0.1) is 0 Å². The summed E-state index contributed by atoms with van der Waals surface area (Å²) in [6.45, 7) is 0. The van der Waals surface area contributed by atoms with Crippen molar-refractivity contribution in [3.8, 4) is 0 Å². The molecule has 2 rings (SSSR count). The highest BCUT2D eigenvalue weighted by Gasteiger charge is 2.41. The second-order valence-corrected chi connectivity index (χ2v) is 5.70. The predicted octanol–water partition coefficient (Wildman–Crippen LogP) is 4.03. The van der Waals surface area contributed by atoms with Gasteiger partial charge in [-0.3, -0.25) is 4.68 Å². The molecular weight excluding hydrogens is 341 g/mol. The molecule has 0 saturated heterocycles. The number of esters is 1. The van der Waals surface area contributed by atoms with Gasteiger partial charge in [0, 0.05) is 17.0 Å². The fraction of sp³-hybridized carbons (Fsp3) is 0.231. The highest BCUT2D eigenvalue weighted by molar-refractivity contribution is 7.99. The smallest absolute Gasteiger partial charge is 0.436 e. The Morgan fingerprint density at radius 3 is 2.41 bits per heavy atom. The lowest BCUT2D eigenvalue weighted by atomic mass is 10.2. The molecule has 2 aromatic rings. The fourth-order valence-corrected chi connectivity index (χ4v) is 2.80. The highest BCUT2D eigenvalue weighted by atomic mass is 35.5. The number of hydrogen-bond acceptors (Lipinski definition) is 4. The zero-order chi connectivity index (χ0) is 16.5. The van der Waals surface area contributed by atoms with Crippen molar-refractivity contribution in [3.63, 3.8) is 0 Å². The first kappa shape index (κ1) is 16.7. The van der Waals surface area contributed by atoms with E-state index in [1.54, 1.807) is 24.3 Å². The Balaban J connectivity index is 2.52. The predicted molar refractivity (Wildman–Crippen MR) is 75.1 cm³/mol. The average Bonchev–Trinajstić information content (AvgIpc) is 2.78. The molecule has 118 valence electrons. The molecule has 4 nitrogen and oxygen atoms in total. The third kappa shape index (κ3) is 3.38. The van der Waals surface area contributed by atoms with Gasteiger partial charge in [0.05, 0.1) is 7.11 Å². The van der Waals surface area contributed by atoms with Crippen LogP contribution in [0.4, 0.5) is 13.2 Å². The number of carbonyl (C=O) groups excluding carboxylic acids is 1. The van der Waals surface area contributed by atoms with Gasteiger partial charge in [-0.05, 0) is 24.3 Å². The lowest BCUT2D eigenvalue weighted by Crippen LogP contribution is -2.13. The van der Waals surface area contributed by atoms with E-state index in [2.05, 4.69) is 9.84 Å². The van der Waals surface area contributed by atoms with Crippen LogP contribution in [0.1, 0.15) is 16.1 Å². The molecule has 0 atom stereocenters. The van der Waals surface area contributed by atoms with Gasteiger partial charge >= 0.3 is 12.1 Å². The molecule has 1 aromatic heterocycles. The number of carbonyl (C=O) groups is 1. The molecule has 0 radical (unpaired) electrons. The first-order valence-electron chi connectivity index (χ1n) is 5.90. The molecule has 0 unspecified atom stereocenters. The molecule has 0 spiro atoms. The van der Waals surface area contributed by atoms with Crippen molar-refractivity contribution in [1.29, 1.82) is 0 Å². The van der Waals surface area contributed by atoms with Crippen LogP contribution in [-0.2, 0) is 18.0 Å². The minimum Gasteiger partial charge on any atom is -0.465 e. The van der Waals surface area contributed by atoms with E-state index in [1.807, 2.05) is 0 Å². The summed E-state index contributed by atoms with van der Waals surface area (Å²) in [6.07, 6.45) is -4.75. The molecule has 0 aliphatic rings. The van der Waals surface area contributed by atoms with E-state index in [0.29, 0.717) is 9.92 Å². The molecule has 0 amide bonds. The normalized spacial score (nSPS) is 11.5. The molecule has 0 N–H and O–H groups in total. The summed E-state index contributed by atoms with van der Waals surface area (Å²) in [4.78, 5) is 12.4. The quantitative estimate of drug-likeness (QED) is 0.784. The summed E-state index contributed by atoms with van der Waals surface area (Å²) < 4.78 is 44.5. The minimum atomic E-state index is -4.75. The van der Waals surface area contributed by atoms with E-state index < -0.39 is 23.4 Å². The van der Waals surface area contributed by atoms with Gasteiger partial charge in [0.2, 0.25) is 0 Å². The van der Waals surface area contributed by atoms with Gasteiger partial charge in [0.1, 0.15) is 10.6 Å². The lowest BCUT2D eigenvalue weighted by Gasteiger charge is -2.07. The van der Waals surface area contributed by atoms with E-state index in [-0.39, 0.29) is 5.03 Å². The average molecular weight is 351 g/mol. The number of hydrogen-bond donors (Lipinski definition) is 0. The Bertz CT molecular complexity index is 699. The van der Waals surface area contributed by atoms with Crippen LogP contribution in [-0.4, -0.2) is 22.9 Å². The van der Waals surface area contributed by atoms with Gasteiger partial charge in [-0.1, -0.05) is 23.4 Å². The van der Waals surface area contributed by atoms with Crippen LogP contribution in [0.5, 0.6) is 0 Å². The Labute approximate surface area is 133 Å². The van der Waals surface area contributed by atoms with Crippen LogP contribution < -0.4 is 0 Å². The van der Waals surface area contributed by atoms with Crippen molar-refractivity contribution < 1.29 is 22.7 Å². The van der Waals surface area contributed by atoms with Crippen LogP contribution in [0.2, 0.25) is 5.02 Å². The summed E-state index contributed by atoms with van der Waals surface area (Å²) in [5.41, 5.74) is -1.87. The Morgan fingerprint density at radius 2 is 1.91 bits per heavy atom. The van der Waals surface area contributed by atoms with E-state index in [9.17, 15) is 18.0 Å². The summed E-state index contributed by atoms with van der Waals surface area (Å²) in [5.74, 6) is -1.09. The first-order chi connectivity index (χ1) is 10.2. The van der Waals surface area contributed by atoms with E-state index in [0.717, 1.165) is 23.6 Å². The van der Waals surface area contributed by atoms with Gasteiger partial charge in [-0.2, -0.15) is 18.3 Å². The zero-order valence-electron chi connectivity index (χ0n) is 11.4. The van der Waals surface area contributed by atoms with Crippen molar-refractivity contribution >= 4 is 29.3 Å². The monoisotopic (exact) mass is 350 g/mol. The number of benzene rings is 1. The minimum absolute atomic E-state index is 0.0431. The largest absolute Gasteiger partial charge is 0.465 e. The molecule has 0 saturated carbocycles. The van der Waals surface area contributed by atoms with Gasteiger partial charge < -0.3 is 4.74 Å². The second kappa shape index (κ2) is 6.21. The van der Waals surface area contributed by atoms with Crippen molar-refractivity contribution in [2.45, 2.75) is 16.1 Å². The maximum absolute atomic E-state index is 13.0. The molecule has 0 fully saturated rings. The molecule has 1 heterocycles. The Kier molecular flexibility index (Phi) is 4.72. The molecule has 1 aromatic carbocycles. The molecule has 0 aliphatic carbocycles.